The van der Waals surface area contributed by atoms with E-state index in [4.69, 9.17) is 0 Å². The second-order valence-electron chi connectivity index (χ2n) is 5.81. The average molecular weight is 338 g/mol. The largest absolute Gasteiger partial charge is 0.542 e. The second kappa shape index (κ2) is 5.84. The van der Waals surface area contributed by atoms with Crippen LogP contribution in [-0.4, -0.2) is 21.5 Å². The predicted molar refractivity (Wildman–Crippen MR) is 80.5 cm³/mol. The zero-order chi connectivity index (χ0) is 16.6. The number of thiazole rings is 1. The first-order valence-corrected chi connectivity index (χ1v) is 7.93. The van der Waals surface area contributed by atoms with Gasteiger partial charge in [0.2, 0.25) is 0 Å². The number of carbonyl (C=O) groups is 1. The quantitative estimate of drug-likeness (QED) is 0.907. The van der Waals surface area contributed by atoms with Crippen molar-refractivity contribution in [2.45, 2.75) is 38.2 Å². The zero-order valence-corrected chi connectivity index (χ0v) is 13.1. The highest BCUT2D eigenvalue weighted by atomic mass is 32.1. The van der Waals surface area contributed by atoms with Gasteiger partial charge in [-0.05, 0) is 32.3 Å². The van der Waals surface area contributed by atoms with Gasteiger partial charge >= 0.3 is 0 Å². The smallest absolute Gasteiger partial charge is 0.264 e. The number of nitrogens with one attached hydrogen (secondary N) is 1. The standard InChI is InChI=1S/C15H15F2N3O2S/c1-15(3-2-4-15)20-11-5-8(12(16)17)9(6-18-11)10-7-19-13(23-10)14(21)22/h5-7,12H,2-4H2,1H3,(H,18,20)(H,21,22)/p-1. The third-order valence-electron chi connectivity index (χ3n) is 4.00. The lowest BCUT2D eigenvalue weighted by Crippen LogP contribution is -2.41. The maximum absolute atomic E-state index is 13.4. The molecule has 1 N–H and O–H groups in total. The van der Waals surface area contributed by atoms with Crippen molar-refractivity contribution in [3.05, 3.63) is 29.0 Å². The van der Waals surface area contributed by atoms with Gasteiger partial charge in [0, 0.05) is 29.1 Å². The lowest BCUT2D eigenvalue weighted by Gasteiger charge is -2.39. The van der Waals surface area contributed by atoms with Crippen LogP contribution in [0.15, 0.2) is 18.5 Å². The molecule has 0 unspecified atom stereocenters. The molecule has 2 aromatic rings. The molecule has 1 saturated carbocycles. The molecule has 122 valence electrons. The monoisotopic (exact) mass is 338 g/mol. The van der Waals surface area contributed by atoms with E-state index in [-0.39, 0.29) is 21.7 Å². The molecule has 1 fully saturated rings. The normalized spacial score (nSPS) is 16.2. The minimum absolute atomic E-state index is 0.0967. The van der Waals surface area contributed by atoms with Gasteiger partial charge < -0.3 is 15.2 Å². The summed E-state index contributed by atoms with van der Waals surface area (Å²) in [6.07, 6.45) is 2.94. The highest BCUT2D eigenvalue weighted by Gasteiger charge is 2.32. The van der Waals surface area contributed by atoms with E-state index in [0.717, 1.165) is 30.6 Å². The van der Waals surface area contributed by atoms with Gasteiger partial charge in [-0.15, -0.1) is 11.3 Å². The van der Waals surface area contributed by atoms with Gasteiger partial charge in [0.1, 0.15) is 16.8 Å². The van der Waals surface area contributed by atoms with Crippen LogP contribution in [0.25, 0.3) is 10.4 Å². The van der Waals surface area contributed by atoms with Crippen molar-refractivity contribution < 1.29 is 18.7 Å². The molecule has 0 amide bonds. The number of hydrogen-bond acceptors (Lipinski definition) is 6. The maximum Gasteiger partial charge on any atom is 0.264 e. The summed E-state index contributed by atoms with van der Waals surface area (Å²) in [5, 5.41) is 13.7. The van der Waals surface area contributed by atoms with E-state index in [0.29, 0.717) is 10.7 Å². The molecule has 3 rings (SSSR count). The van der Waals surface area contributed by atoms with Gasteiger partial charge in [-0.25, -0.2) is 18.7 Å². The number of nitrogens with zero attached hydrogens (tertiary/aromatic N) is 2. The van der Waals surface area contributed by atoms with Gasteiger partial charge in [0.05, 0.1) is 4.88 Å². The molecule has 5 nitrogen and oxygen atoms in total. The first-order valence-electron chi connectivity index (χ1n) is 7.12. The molecule has 0 saturated heterocycles. The Morgan fingerprint density at radius 3 is 2.65 bits per heavy atom. The minimum atomic E-state index is -2.70. The summed E-state index contributed by atoms with van der Waals surface area (Å²) in [5.74, 6) is -1.03. The summed E-state index contributed by atoms with van der Waals surface area (Å²) in [4.78, 5) is 19.0. The molecule has 0 atom stereocenters. The number of carboxylic acids is 1. The van der Waals surface area contributed by atoms with Crippen molar-refractivity contribution in [3.8, 4) is 10.4 Å². The summed E-state index contributed by atoms with van der Waals surface area (Å²) in [6, 6.07) is 1.32. The van der Waals surface area contributed by atoms with E-state index in [1.54, 1.807) is 0 Å². The van der Waals surface area contributed by atoms with Gasteiger partial charge in [0.25, 0.3) is 6.43 Å². The van der Waals surface area contributed by atoms with E-state index in [1.165, 1.54) is 18.5 Å². The lowest BCUT2D eigenvalue weighted by molar-refractivity contribution is -0.255. The summed E-state index contributed by atoms with van der Waals surface area (Å²) in [5.41, 5.74) is -0.103. The SMILES string of the molecule is CC1(Nc2cc(C(F)F)c(-c3cnc(C(=O)[O-])s3)cn2)CCC1. The molecule has 0 bridgehead atoms. The fraction of sp³-hybridized carbons (Fsp3) is 0.400. The molecule has 8 heteroatoms. The second-order valence-corrected chi connectivity index (χ2v) is 6.84. The Balaban J connectivity index is 1.94. The van der Waals surface area contributed by atoms with Crippen LogP contribution in [0.2, 0.25) is 0 Å². The van der Waals surface area contributed by atoms with E-state index in [1.807, 2.05) is 6.92 Å². The molecule has 0 spiro atoms. The first kappa shape index (κ1) is 15.8. The third kappa shape index (κ3) is 3.17. The van der Waals surface area contributed by atoms with Crippen LogP contribution < -0.4 is 10.4 Å². The Morgan fingerprint density at radius 1 is 1.39 bits per heavy atom. The van der Waals surface area contributed by atoms with E-state index < -0.39 is 12.4 Å². The molecule has 23 heavy (non-hydrogen) atoms. The van der Waals surface area contributed by atoms with Crippen molar-refractivity contribution in [1.82, 2.24) is 9.97 Å². The molecule has 2 aromatic heterocycles. The number of halogens is 2. The lowest BCUT2D eigenvalue weighted by atomic mass is 9.78. The van der Waals surface area contributed by atoms with Crippen molar-refractivity contribution in [1.29, 1.82) is 0 Å². The zero-order valence-electron chi connectivity index (χ0n) is 12.3. The Bertz CT molecular complexity index is 744. The van der Waals surface area contributed by atoms with Crippen LogP contribution in [0.1, 0.15) is 48.0 Å². The Morgan fingerprint density at radius 2 is 2.13 bits per heavy atom. The number of carbonyl (C=O) groups excluding carboxylic acids is 1. The number of pyridine rings is 1. The van der Waals surface area contributed by atoms with Crippen molar-refractivity contribution in [2.24, 2.45) is 0 Å². The predicted octanol–water partition coefficient (Wildman–Crippen LogP) is 2.86. The van der Waals surface area contributed by atoms with Crippen LogP contribution in [0, 0.1) is 0 Å². The molecule has 2 heterocycles. The third-order valence-corrected chi connectivity index (χ3v) is 5.01. The van der Waals surface area contributed by atoms with Crippen molar-refractivity contribution in [3.63, 3.8) is 0 Å². The Labute approximate surface area is 135 Å². The number of alkyl halides is 2. The van der Waals surface area contributed by atoms with Crippen LogP contribution in [-0.2, 0) is 0 Å². The summed E-state index contributed by atoms with van der Waals surface area (Å²) < 4.78 is 26.8. The topological polar surface area (TPSA) is 77.9 Å². The number of hydrogen-bond donors (Lipinski definition) is 1. The average Bonchev–Trinajstić information content (AvgIpc) is 2.95. The van der Waals surface area contributed by atoms with Crippen LogP contribution >= 0.6 is 11.3 Å². The van der Waals surface area contributed by atoms with Crippen LogP contribution in [0.4, 0.5) is 14.6 Å². The van der Waals surface area contributed by atoms with Crippen LogP contribution in [0.3, 0.4) is 0 Å². The number of aromatic nitrogens is 2. The van der Waals surface area contributed by atoms with Crippen molar-refractivity contribution in [2.75, 3.05) is 5.32 Å². The fourth-order valence-electron chi connectivity index (χ4n) is 2.56. The number of aromatic carboxylic acids is 1. The summed E-state index contributed by atoms with van der Waals surface area (Å²) in [6.45, 7) is 2.03. The van der Waals surface area contributed by atoms with Crippen molar-refractivity contribution >= 4 is 23.1 Å². The van der Waals surface area contributed by atoms with E-state index in [9.17, 15) is 18.7 Å². The molecule has 1 aliphatic rings. The van der Waals surface area contributed by atoms with E-state index in [2.05, 4.69) is 15.3 Å². The van der Waals surface area contributed by atoms with Crippen LogP contribution in [0.5, 0.6) is 0 Å². The van der Waals surface area contributed by atoms with Gasteiger partial charge in [-0.1, -0.05) is 0 Å². The Kier molecular flexibility index (Phi) is 4.01. The Hall–Kier alpha value is -2.09. The molecule has 0 aromatic carbocycles. The number of anilines is 1. The first-order chi connectivity index (χ1) is 10.9. The summed E-state index contributed by atoms with van der Waals surface area (Å²) >= 11 is 0.793. The summed E-state index contributed by atoms with van der Waals surface area (Å²) in [7, 11) is 0. The molecule has 1 aliphatic carbocycles. The maximum atomic E-state index is 13.4. The number of rotatable bonds is 5. The fourth-order valence-corrected chi connectivity index (χ4v) is 3.34. The van der Waals surface area contributed by atoms with Gasteiger partial charge in [-0.2, -0.15) is 0 Å². The van der Waals surface area contributed by atoms with E-state index >= 15 is 0 Å². The van der Waals surface area contributed by atoms with Gasteiger partial charge in [0.15, 0.2) is 0 Å². The van der Waals surface area contributed by atoms with Gasteiger partial charge in [-0.3, -0.25) is 0 Å². The minimum Gasteiger partial charge on any atom is -0.542 e. The molecular formula is C15H14F2N3O2S-. The highest BCUT2D eigenvalue weighted by molar-refractivity contribution is 7.16. The molecule has 0 aliphatic heterocycles. The molecular weight excluding hydrogens is 324 g/mol. The molecule has 0 radical (unpaired) electrons. The highest BCUT2D eigenvalue weighted by Crippen LogP contribution is 2.38. The number of carboxylic acid groups (broad SMARTS) is 1.